The van der Waals surface area contributed by atoms with Crippen molar-refractivity contribution in [3.8, 4) is 0 Å². The third kappa shape index (κ3) is 10.00. The maximum atomic E-state index is 8.29. The summed E-state index contributed by atoms with van der Waals surface area (Å²) in [6.45, 7) is 0. The molecular formula is C2H9Cl2O3P. The Morgan fingerprint density at radius 3 is 1.38 bits per heavy atom. The molecule has 0 unspecified atom stereocenters. The highest BCUT2D eigenvalue weighted by molar-refractivity contribution is 7.40. The molecule has 0 saturated carbocycles. The van der Waals surface area contributed by atoms with E-state index in [-0.39, 0.29) is 24.8 Å². The largest absolute Gasteiger partial charge is 0.329 e. The first-order valence-electron chi connectivity index (χ1n) is 1.38. The molecule has 0 atom stereocenters. The third-order valence-electron chi connectivity index (χ3n) is 0.312. The fourth-order valence-corrected chi connectivity index (χ4v) is 0.224. The second kappa shape index (κ2) is 10.8. The Labute approximate surface area is 62.2 Å². The summed E-state index contributed by atoms with van der Waals surface area (Å²) in [5.74, 6) is 0. The van der Waals surface area contributed by atoms with E-state index in [1.807, 2.05) is 0 Å². The monoisotopic (exact) mass is 182 g/mol. The Morgan fingerprint density at radius 1 is 1.12 bits per heavy atom. The molecule has 0 bridgehead atoms. The highest BCUT2D eigenvalue weighted by Gasteiger charge is 1.94. The van der Waals surface area contributed by atoms with Gasteiger partial charge in [-0.3, -0.25) is 0 Å². The SMILES string of the molecule is COP(O)OC.Cl.Cl. The highest BCUT2D eigenvalue weighted by Crippen LogP contribution is 2.28. The van der Waals surface area contributed by atoms with Crippen LogP contribution in [0.25, 0.3) is 0 Å². The highest BCUT2D eigenvalue weighted by atomic mass is 35.5. The van der Waals surface area contributed by atoms with Crippen molar-refractivity contribution in [2.75, 3.05) is 14.2 Å². The lowest BCUT2D eigenvalue weighted by molar-refractivity contribution is 0.271. The molecule has 0 aliphatic carbocycles. The molecule has 0 rings (SSSR count). The van der Waals surface area contributed by atoms with Gasteiger partial charge in [-0.05, 0) is 0 Å². The summed E-state index contributed by atoms with van der Waals surface area (Å²) in [6, 6.07) is 0. The van der Waals surface area contributed by atoms with Crippen LogP contribution >= 0.6 is 33.4 Å². The molecule has 1 N–H and O–H groups in total. The van der Waals surface area contributed by atoms with Crippen molar-refractivity contribution in [3.05, 3.63) is 0 Å². The molecule has 0 spiro atoms. The van der Waals surface area contributed by atoms with Gasteiger partial charge in [-0.2, -0.15) is 0 Å². The van der Waals surface area contributed by atoms with Crippen LogP contribution in [0.1, 0.15) is 0 Å². The molecule has 0 heterocycles. The van der Waals surface area contributed by atoms with E-state index in [1.54, 1.807) is 0 Å². The summed E-state index contributed by atoms with van der Waals surface area (Å²) >= 11 is 0. The van der Waals surface area contributed by atoms with Crippen LogP contribution in [0.4, 0.5) is 0 Å². The van der Waals surface area contributed by atoms with Crippen molar-refractivity contribution < 1.29 is 13.9 Å². The molecule has 6 heteroatoms. The van der Waals surface area contributed by atoms with Crippen molar-refractivity contribution in [3.63, 3.8) is 0 Å². The molecule has 0 aromatic heterocycles. The summed E-state index contributed by atoms with van der Waals surface area (Å²) in [5.41, 5.74) is 0. The van der Waals surface area contributed by atoms with Gasteiger partial charge >= 0.3 is 8.60 Å². The van der Waals surface area contributed by atoms with Crippen LogP contribution in [0.3, 0.4) is 0 Å². The Kier molecular flexibility index (Phi) is 21.5. The average Bonchev–Trinajstić information content (AvgIpc) is 1.65. The minimum Gasteiger partial charge on any atom is -0.328 e. The minimum absolute atomic E-state index is 0. The summed E-state index contributed by atoms with van der Waals surface area (Å²) in [5, 5.41) is 0. The number of hydrogen-bond acceptors (Lipinski definition) is 3. The van der Waals surface area contributed by atoms with Crippen molar-refractivity contribution >= 4 is 33.4 Å². The van der Waals surface area contributed by atoms with Crippen LogP contribution in [-0.2, 0) is 9.05 Å². The molecule has 3 nitrogen and oxygen atoms in total. The lowest BCUT2D eigenvalue weighted by Gasteiger charge is -1.98. The second-order valence-electron chi connectivity index (χ2n) is 0.603. The average molecular weight is 183 g/mol. The fourth-order valence-electron chi connectivity index (χ4n) is 0.0745. The molecule has 54 valence electrons. The van der Waals surface area contributed by atoms with Gasteiger partial charge in [0, 0.05) is 14.2 Å². The first-order chi connectivity index (χ1) is 2.81. The van der Waals surface area contributed by atoms with E-state index in [0.717, 1.165) is 0 Å². The van der Waals surface area contributed by atoms with Gasteiger partial charge in [-0.1, -0.05) is 0 Å². The van der Waals surface area contributed by atoms with Crippen molar-refractivity contribution in [2.45, 2.75) is 0 Å². The van der Waals surface area contributed by atoms with Crippen LogP contribution in [0, 0.1) is 0 Å². The van der Waals surface area contributed by atoms with E-state index in [4.69, 9.17) is 4.89 Å². The zero-order chi connectivity index (χ0) is 4.99. The van der Waals surface area contributed by atoms with Gasteiger partial charge in [0.25, 0.3) is 0 Å². The second-order valence-corrected chi connectivity index (χ2v) is 1.81. The Bertz CT molecular complexity index is 34.5. The Balaban J connectivity index is -0.000000125. The standard InChI is InChI=1S/C2H7O3P.2ClH/c1-4-6(3)5-2;;/h3H,1-2H3;2*1H. The number of hydrogen-bond donors (Lipinski definition) is 1. The predicted octanol–water partition coefficient (Wildman–Crippen LogP) is 1.34. The molecule has 0 radical (unpaired) electrons. The molecule has 0 aliphatic rings. The van der Waals surface area contributed by atoms with E-state index < -0.39 is 8.60 Å². The Hall–Kier alpha value is 0.890. The van der Waals surface area contributed by atoms with Gasteiger partial charge in [0.15, 0.2) is 0 Å². The van der Waals surface area contributed by atoms with Gasteiger partial charge in [-0.25, -0.2) is 0 Å². The van der Waals surface area contributed by atoms with E-state index in [1.165, 1.54) is 14.2 Å². The lowest BCUT2D eigenvalue weighted by atomic mass is 11.8. The summed E-state index contributed by atoms with van der Waals surface area (Å²) in [6.07, 6.45) is 0. The molecular weight excluding hydrogens is 174 g/mol. The maximum absolute atomic E-state index is 8.29. The third-order valence-corrected chi connectivity index (χ3v) is 0.937. The summed E-state index contributed by atoms with van der Waals surface area (Å²) in [4.78, 5) is 8.29. The van der Waals surface area contributed by atoms with Gasteiger partial charge in [0.05, 0.1) is 0 Å². The number of rotatable bonds is 2. The van der Waals surface area contributed by atoms with Crippen molar-refractivity contribution in [2.24, 2.45) is 0 Å². The fraction of sp³-hybridized carbons (Fsp3) is 1.00. The smallest absolute Gasteiger partial charge is 0.328 e. The predicted molar refractivity (Wildman–Crippen MR) is 37.7 cm³/mol. The van der Waals surface area contributed by atoms with Crippen LogP contribution in [0.15, 0.2) is 0 Å². The van der Waals surface area contributed by atoms with Gasteiger partial charge < -0.3 is 13.9 Å². The zero-order valence-electron chi connectivity index (χ0n) is 4.53. The molecule has 0 saturated heterocycles. The molecule has 0 aromatic rings. The lowest BCUT2D eigenvalue weighted by Crippen LogP contribution is -1.75. The molecule has 0 aromatic carbocycles. The Morgan fingerprint density at radius 2 is 1.38 bits per heavy atom. The number of halogens is 2. The van der Waals surface area contributed by atoms with Crippen molar-refractivity contribution in [1.82, 2.24) is 0 Å². The summed E-state index contributed by atoms with van der Waals surface area (Å²) in [7, 11) is 1.19. The van der Waals surface area contributed by atoms with E-state index in [0.29, 0.717) is 0 Å². The molecule has 0 amide bonds. The quantitative estimate of drug-likeness (QED) is 0.656. The van der Waals surface area contributed by atoms with Gasteiger partial charge in [0.2, 0.25) is 0 Å². The maximum Gasteiger partial charge on any atom is 0.329 e. The zero-order valence-corrected chi connectivity index (χ0v) is 7.05. The topological polar surface area (TPSA) is 38.7 Å². The van der Waals surface area contributed by atoms with Crippen LogP contribution in [-0.4, -0.2) is 19.1 Å². The first kappa shape index (κ1) is 16.0. The van der Waals surface area contributed by atoms with E-state index >= 15 is 0 Å². The first-order valence-corrected chi connectivity index (χ1v) is 2.51. The molecule has 0 fully saturated rings. The molecule has 0 aliphatic heterocycles. The normalized spacial score (nSPS) is 7.50. The van der Waals surface area contributed by atoms with Crippen LogP contribution < -0.4 is 0 Å². The van der Waals surface area contributed by atoms with E-state index in [9.17, 15) is 0 Å². The van der Waals surface area contributed by atoms with Gasteiger partial charge in [0.1, 0.15) is 0 Å². The van der Waals surface area contributed by atoms with Crippen LogP contribution in [0.5, 0.6) is 0 Å². The van der Waals surface area contributed by atoms with Crippen LogP contribution in [0.2, 0.25) is 0 Å². The minimum atomic E-state index is -1.58. The van der Waals surface area contributed by atoms with E-state index in [2.05, 4.69) is 9.05 Å². The molecule has 8 heavy (non-hydrogen) atoms. The van der Waals surface area contributed by atoms with Gasteiger partial charge in [-0.15, -0.1) is 24.8 Å². The summed E-state index contributed by atoms with van der Waals surface area (Å²) < 4.78 is 8.59. The van der Waals surface area contributed by atoms with Crippen molar-refractivity contribution in [1.29, 1.82) is 0 Å².